The number of H-pyrrole nitrogens is 1. The van der Waals surface area contributed by atoms with Crippen LogP contribution in [0.4, 0.5) is 0 Å². The fourth-order valence-electron chi connectivity index (χ4n) is 2.70. The van der Waals surface area contributed by atoms with Crippen molar-refractivity contribution in [2.24, 2.45) is 5.73 Å². The molecule has 2 aromatic rings. The molecule has 0 spiro atoms. The van der Waals surface area contributed by atoms with Crippen LogP contribution in [0, 0.1) is 0 Å². The first-order chi connectivity index (χ1) is 8.70. The molecule has 1 atom stereocenters. The second-order valence-corrected chi connectivity index (χ2v) is 4.79. The second-order valence-electron chi connectivity index (χ2n) is 4.79. The summed E-state index contributed by atoms with van der Waals surface area (Å²) in [6, 6.07) is 7.76. The van der Waals surface area contributed by atoms with Gasteiger partial charge in [-0.05, 0) is 25.0 Å². The summed E-state index contributed by atoms with van der Waals surface area (Å²) in [5, 5.41) is 1.19. The third-order valence-corrected chi connectivity index (χ3v) is 3.69. The number of benzene rings is 1. The van der Waals surface area contributed by atoms with Crippen molar-refractivity contribution in [1.29, 1.82) is 0 Å². The van der Waals surface area contributed by atoms with Gasteiger partial charge < -0.3 is 15.6 Å². The maximum absolute atomic E-state index is 12.1. The van der Waals surface area contributed by atoms with Crippen LogP contribution in [0.2, 0.25) is 0 Å². The van der Waals surface area contributed by atoms with E-state index in [9.17, 15) is 4.79 Å². The minimum atomic E-state index is -0.426. The van der Waals surface area contributed by atoms with Gasteiger partial charge in [0.1, 0.15) is 0 Å². The molecule has 3 rings (SSSR count). The molecule has 1 aliphatic heterocycles. The zero-order valence-corrected chi connectivity index (χ0v) is 10.4. The molecule has 1 aromatic carbocycles. The lowest BCUT2D eigenvalue weighted by atomic mass is 10.0. The van der Waals surface area contributed by atoms with Crippen molar-refractivity contribution in [3.05, 3.63) is 35.5 Å². The Labute approximate surface area is 106 Å². The first-order valence-electron chi connectivity index (χ1n) is 6.33. The number of para-hydroxylation sites is 1. The van der Waals surface area contributed by atoms with Crippen molar-refractivity contribution in [2.75, 3.05) is 6.54 Å². The number of carbonyl (C=O) groups excluding carboxylic acids is 1. The smallest absolute Gasteiger partial charge is 0.240 e. The summed E-state index contributed by atoms with van der Waals surface area (Å²) < 4.78 is 0. The molecule has 94 valence electrons. The van der Waals surface area contributed by atoms with Crippen LogP contribution in [0.5, 0.6) is 0 Å². The fourth-order valence-corrected chi connectivity index (χ4v) is 2.70. The van der Waals surface area contributed by atoms with E-state index in [4.69, 9.17) is 5.73 Å². The summed E-state index contributed by atoms with van der Waals surface area (Å²) >= 11 is 0. The molecule has 18 heavy (non-hydrogen) atoms. The fraction of sp³-hybridized carbons (Fsp3) is 0.357. The Hall–Kier alpha value is -1.81. The summed E-state index contributed by atoms with van der Waals surface area (Å²) in [6.07, 6.45) is 0.620. The third-order valence-electron chi connectivity index (χ3n) is 3.69. The number of likely N-dealkylation sites (N-methyl/N-ethyl adjacent to an activating group) is 1. The molecular weight excluding hydrogens is 226 g/mol. The minimum absolute atomic E-state index is 0.0474. The van der Waals surface area contributed by atoms with Crippen molar-refractivity contribution >= 4 is 16.8 Å². The van der Waals surface area contributed by atoms with E-state index < -0.39 is 6.04 Å². The van der Waals surface area contributed by atoms with Gasteiger partial charge in [0.2, 0.25) is 5.91 Å². The number of nitrogens with one attached hydrogen (secondary N) is 1. The van der Waals surface area contributed by atoms with E-state index in [1.54, 1.807) is 0 Å². The van der Waals surface area contributed by atoms with E-state index in [-0.39, 0.29) is 5.91 Å². The van der Waals surface area contributed by atoms with Gasteiger partial charge in [-0.3, -0.25) is 4.79 Å². The van der Waals surface area contributed by atoms with E-state index in [2.05, 4.69) is 17.1 Å². The number of hydrogen-bond donors (Lipinski definition) is 2. The topological polar surface area (TPSA) is 62.1 Å². The van der Waals surface area contributed by atoms with Crippen LogP contribution in [0.25, 0.3) is 10.9 Å². The summed E-state index contributed by atoms with van der Waals surface area (Å²) in [5.41, 5.74) is 9.45. The lowest BCUT2D eigenvalue weighted by Crippen LogP contribution is -2.42. The molecule has 2 heterocycles. The van der Waals surface area contributed by atoms with Crippen molar-refractivity contribution in [2.45, 2.75) is 25.9 Å². The summed E-state index contributed by atoms with van der Waals surface area (Å²) in [4.78, 5) is 17.3. The molecule has 0 saturated heterocycles. The van der Waals surface area contributed by atoms with E-state index in [0.717, 1.165) is 11.2 Å². The third kappa shape index (κ3) is 1.61. The quantitative estimate of drug-likeness (QED) is 0.795. The monoisotopic (exact) mass is 243 g/mol. The molecule has 0 aliphatic carbocycles. The predicted octanol–water partition coefficient (Wildman–Crippen LogP) is 1.40. The predicted molar refractivity (Wildman–Crippen MR) is 71.1 cm³/mol. The number of nitrogens with two attached hydrogens (primary N) is 1. The SMILES string of the molecule is CCN1Cc2[nH]c3ccccc3c2C[C@H](N)C1=O. The Kier molecular flexibility index (Phi) is 2.59. The van der Waals surface area contributed by atoms with Crippen LogP contribution in [0.1, 0.15) is 18.2 Å². The molecule has 0 bridgehead atoms. The molecular formula is C14H17N3O. The molecule has 4 nitrogen and oxygen atoms in total. The maximum Gasteiger partial charge on any atom is 0.240 e. The van der Waals surface area contributed by atoms with Crippen molar-refractivity contribution in [3.8, 4) is 0 Å². The molecule has 0 fully saturated rings. The van der Waals surface area contributed by atoms with Gasteiger partial charge in [0, 0.05) is 23.1 Å². The Morgan fingerprint density at radius 1 is 1.44 bits per heavy atom. The molecule has 1 aromatic heterocycles. The van der Waals surface area contributed by atoms with Crippen LogP contribution in [0.15, 0.2) is 24.3 Å². The number of aromatic amines is 1. The molecule has 1 amide bonds. The lowest BCUT2D eigenvalue weighted by molar-refractivity contribution is -0.132. The number of nitrogens with zero attached hydrogens (tertiary/aromatic N) is 1. The number of fused-ring (bicyclic) bond motifs is 3. The number of amides is 1. The highest BCUT2D eigenvalue weighted by Gasteiger charge is 2.28. The Balaban J connectivity index is 2.14. The number of aromatic nitrogens is 1. The molecule has 1 aliphatic rings. The average Bonchev–Trinajstić information content (AvgIpc) is 2.67. The Bertz CT molecular complexity index is 602. The highest BCUT2D eigenvalue weighted by atomic mass is 16.2. The van der Waals surface area contributed by atoms with Gasteiger partial charge in [-0.2, -0.15) is 0 Å². The van der Waals surface area contributed by atoms with Crippen molar-refractivity contribution in [3.63, 3.8) is 0 Å². The average molecular weight is 243 g/mol. The number of rotatable bonds is 1. The first kappa shape index (κ1) is 11.3. The number of carbonyl (C=O) groups is 1. The number of hydrogen-bond acceptors (Lipinski definition) is 2. The summed E-state index contributed by atoms with van der Waals surface area (Å²) in [6.45, 7) is 3.31. The Morgan fingerprint density at radius 2 is 2.22 bits per heavy atom. The van der Waals surface area contributed by atoms with Gasteiger partial charge in [-0.25, -0.2) is 0 Å². The normalized spacial score (nSPS) is 20.0. The van der Waals surface area contributed by atoms with Gasteiger partial charge in [0.25, 0.3) is 0 Å². The van der Waals surface area contributed by atoms with Crippen LogP contribution in [-0.2, 0) is 17.8 Å². The van der Waals surface area contributed by atoms with E-state index >= 15 is 0 Å². The van der Waals surface area contributed by atoms with Crippen molar-refractivity contribution in [1.82, 2.24) is 9.88 Å². The minimum Gasteiger partial charge on any atom is -0.357 e. The molecule has 0 unspecified atom stereocenters. The Morgan fingerprint density at radius 3 is 3.00 bits per heavy atom. The standard InChI is InChI=1S/C14H17N3O/c1-2-17-8-13-10(7-11(15)14(17)18)9-5-3-4-6-12(9)16-13/h3-6,11,16H,2,7-8,15H2,1H3/t11-/m0/s1. The highest BCUT2D eigenvalue weighted by molar-refractivity contribution is 5.88. The van der Waals surface area contributed by atoms with Crippen LogP contribution in [-0.4, -0.2) is 28.4 Å². The largest absolute Gasteiger partial charge is 0.357 e. The highest BCUT2D eigenvalue weighted by Crippen LogP contribution is 2.27. The van der Waals surface area contributed by atoms with Crippen molar-refractivity contribution < 1.29 is 4.79 Å². The molecule has 4 heteroatoms. The molecule has 0 radical (unpaired) electrons. The van der Waals surface area contributed by atoms with E-state index in [1.165, 1.54) is 10.9 Å². The van der Waals surface area contributed by atoms with Gasteiger partial charge in [-0.15, -0.1) is 0 Å². The van der Waals surface area contributed by atoms with Gasteiger partial charge >= 0.3 is 0 Å². The van der Waals surface area contributed by atoms with Gasteiger partial charge in [0.05, 0.1) is 12.6 Å². The van der Waals surface area contributed by atoms with Crippen LogP contribution in [0.3, 0.4) is 0 Å². The molecule has 0 saturated carbocycles. The van der Waals surface area contributed by atoms with E-state index in [0.29, 0.717) is 19.5 Å². The van der Waals surface area contributed by atoms with Gasteiger partial charge in [-0.1, -0.05) is 18.2 Å². The lowest BCUT2D eigenvalue weighted by Gasteiger charge is -2.20. The summed E-state index contributed by atoms with van der Waals surface area (Å²) in [5.74, 6) is 0.0474. The summed E-state index contributed by atoms with van der Waals surface area (Å²) in [7, 11) is 0. The first-order valence-corrected chi connectivity index (χ1v) is 6.33. The van der Waals surface area contributed by atoms with Gasteiger partial charge in [0.15, 0.2) is 0 Å². The van der Waals surface area contributed by atoms with Crippen LogP contribution >= 0.6 is 0 Å². The molecule has 3 N–H and O–H groups in total. The zero-order valence-electron chi connectivity index (χ0n) is 10.4. The zero-order chi connectivity index (χ0) is 12.7. The van der Waals surface area contributed by atoms with E-state index in [1.807, 2.05) is 24.0 Å². The van der Waals surface area contributed by atoms with Crippen LogP contribution < -0.4 is 5.73 Å². The second kappa shape index (κ2) is 4.14. The maximum atomic E-state index is 12.1.